The molecule has 0 radical (unpaired) electrons. The van der Waals surface area contributed by atoms with Gasteiger partial charge in [-0.2, -0.15) is 0 Å². The maximum absolute atomic E-state index is 12.9. The summed E-state index contributed by atoms with van der Waals surface area (Å²) in [4.78, 5) is 24.6. The molecule has 4 aromatic rings. The normalized spacial score (nSPS) is 15.4. The zero-order valence-corrected chi connectivity index (χ0v) is 19.0. The van der Waals surface area contributed by atoms with Gasteiger partial charge in [0, 0.05) is 29.1 Å². The van der Waals surface area contributed by atoms with Gasteiger partial charge in [-0.3, -0.25) is 9.69 Å². The Morgan fingerprint density at radius 3 is 2.74 bits per heavy atom. The number of fused-ring (bicyclic) bond motifs is 1. The van der Waals surface area contributed by atoms with Gasteiger partial charge in [0.1, 0.15) is 5.01 Å². The van der Waals surface area contributed by atoms with Crippen molar-refractivity contribution in [2.75, 3.05) is 18.4 Å². The number of nitrogens with one attached hydrogen (secondary N) is 1. The molecule has 1 saturated heterocycles. The van der Waals surface area contributed by atoms with Crippen molar-refractivity contribution in [3.8, 4) is 10.6 Å². The van der Waals surface area contributed by atoms with E-state index in [1.165, 1.54) is 4.70 Å². The molecule has 0 atom stereocenters. The van der Waals surface area contributed by atoms with E-state index < -0.39 is 0 Å². The number of carbonyl (C=O) groups excluding carboxylic acids is 1. The highest BCUT2D eigenvalue weighted by Crippen LogP contribution is 2.31. The molecule has 0 aliphatic carbocycles. The molecule has 2 aromatic carbocycles. The van der Waals surface area contributed by atoms with E-state index in [4.69, 9.17) is 4.98 Å². The number of benzene rings is 2. The summed E-state index contributed by atoms with van der Waals surface area (Å²) in [5, 5.41) is 7.35. The zero-order valence-electron chi connectivity index (χ0n) is 17.4. The number of nitrogens with zero attached hydrogens (tertiary/aromatic N) is 3. The molecule has 2 aromatic heterocycles. The summed E-state index contributed by atoms with van der Waals surface area (Å²) in [6, 6.07) is 16.2. The van der Waals surface area contributed by atoms with Gasteiger partial charge in [-0.25, -0.2) is 9.97 Å². The van der Waals surface area contributed by atoms with Gasteiger partial charge in [-0.1, -0.05) is 24.3 Å². The first-order valence-corrected chi connectivity index (χ1v) is 12.2. The molecular weight excluding hydrogens is 424 g/mol. The van der Waals surface area contributed by atoms with Crippen LogP contribution in [0.4, 0.5) is 5.69 Å². The largest absolute Gasteiger partial charge is 0.326 e. The van der Waals surface area contributed by atoms with E-state index >= 15 is 0 Å². The van der Waals surface area contributed by atoms with Crippen LogP contribution in [0.1, 0.15) is 23.5 Å². The van der Waals surface area contributed by atoms with Gasteiger partial charge < -0.3 is 5.32 Å². The average Bonchev–Trinajstić information content (AvgIpc) is 3.40. The number of carbonyl (C=O) groups is 1. The molecule has 0 unspecified atom stereocenters. The molecule has 31 heavy (non-hydrogen) atoms. The lowest BCUT2D eigenvalue weighted by Gasteiger charge is -2.30. The molecule has 1 aliphatic rings. The summed E-state index contributed by atoms with van der Waals surface area (Å²) in [6.45, 7) is 4.78. The van der Waals surface area contributed by atoms with Gasteiger partial charge in [-0.15, -0.1) is 22.7 Å². The Kier molecular flexibility index (Phi) is 5.80. The van der Waals surface area contributed by atoms with Crippen LogP contribution in [-0.2, 0) is 11.3 Å². The summed E-state index contributed by atoms with van der Waals surface area (Å²) in [7, 11) is 0. The second kappa shape index (κ2) is 8.86. The smallest absolute Gasteiger partial charge is 0.227 e. The Morgan fingerprint density at radius 1 is 1.13 bits per heavy atom. The number of aryl methyl sites for hydroxylation is 1. The van der Waals surface area contributed by atoms with Crippen molar-refractivity contribution in [1.82, 2.24) is 14.9 Å². The monoisotopic (exact) mass is 448 g/mol. The van der Waals surface area contributed by atoms with Crippen molar-refractivity contribution in [3.63, 3.8) is 0 Å². The van der Waals surface area contributed by atoms with Crippen LogP contribution in [-0.4, -0.2) is 33.9 Å². The van der Waals surface area contributed by atoms with Crippen LogP contribution in [0, 0.1) is 12.8 Å². The van der Waals surface area contributed by atoms with E-state index in [9.17, 15) is 4.79 Å². The van der Waals surface area contributed by atoms with Crippen LogP contribution in [0.25, 0.3) is 20.8 Å². The summed E-state index contributed by atoms with van der Waals surface area (Å²) in [5.74, 6) is 0.171. The Bertz CT molecular complexity index is 1170. The highest BCUT2D eigenvalue weighted by molar-refractivity contribution is 7.21. The summed E-state index contributed by atoms with van der Waals surface area (Å²) in [5.41, 5.74) is 4.02. The van der Waals surface area contributed by atoms with Crippen molar-refractivity contribution in [3.05, 3.63) is 64.6 Å². The third kappa shape index (κ3) is 4.69. The van der Waals surface area contributed by atoms with Crippen LogP contribution >= 0.6 is 22.7 Å². The Hall–Kier alpha value is -2.61. The van der Waals surface area contributed by atoms with Gasteiger partial charge >= 0.3 is 0 Å². The minimum absolute atomic E-state index is 0.0551. The van der Waals surface area contributed by atoms with Crippen LogP contribution in [0.3, 0.4) is 0 Å². The van der Waals surface area contributed by atoms with Crippen molar-refractivity contribution in [2.24, 2.45) is 5.92 Å². The predicted octanol–water partition coefficient (Wildman–Crippen LogP) is 5.58. The summed E-state index contributed by atoms with van der Waals surface area (Å²) >= 11 is 3.37. The minimum Gasteiger partial charge on any atom is -0.326 e. The van der Waals surface area contributed by atoms with E-state index in [2.05, 4.69) is 26.6 Å². The molecule has 5 rings (SSSR count). The number of piperidine rings is 1. The van der Waals surface area contributed by atoms with Crippen LogP contribution in [0.2, 0.25) is 0 Å². The number of likely N-dealkylation sites (tertiary alicyclic amines) is 1. The first kappa shape index (κ1) is 20.3. The highest BCUT2D eigenvalue weighted by Gasteiger charge is 2.25. The molecule has 0 spiro atoms. The molecule has 0 bridgehead atoms. The number of aromatic nitrogens is 2. The Morgan fingerprint density at radius 2 is 1.97 bits per heavy atom. The number of amides is 1. The van der Waals surface area contributed by atoms with Crippen LogP contribution < -0.4 is 5.32 Å². The van der Waals surface area contributed by atoms with E-state index in [0.29, 0.717) is 0 Å². The standard InChI is InChI=1S/C24H24N4OS2/c1-16-25-20(15-30-16)14-28-11-9-17(10-12-28)23(29)26-19-6-4-5-18(13-19)24-27-21-7-2-3-8-22(21)31-24/h2-8,13,15,17H,9-12,14H2,1H3,(H,26,29). The first-order valence-electron chi connectivity index (χ1n) is 10.5. The Labute approximate surface area is 189 Å². The molecule has 1 fully saturated rings. The lowest BCUT2D eigenvalue weighted by atomic mass is 9.95. The van der Waals surface area contributed by atoms with Crippen LogP contribution in [0.5, 0.6) is 0 Å². The number of rotatable bonds is 5. The number of hydrogen-bond donors (Lipinski definition) is 1. The third-order valence-electron chi connectivity index (χ3n) is 5.68. The van der Waals surface area contributed by atoms with Gasteiger partial charge in [-0.05, 0) is 57.1 Å². The Balaban J connectivity index is 1.20. The van der Waals surface area contributed by atoms with Gasteiger partial charge in [0.25, 0.3) is 0 Å². The maximum Gasteiger partial charge on any atom is 0.227 e. The quantitative estimate of drug-likeness (QED) is 0.433. The molecule has 5 nitrogen and oxygen atoms in total. The molecule has 1 amide bonds. The first-order chi connectivity index (χ1) is 15.1. The maximum atomic E-state index is 12.9. The zero-order chi connectivity index (χ0) is 21.2. The molecule has 3 heterocycles. The lowest BCUT2D eigenvalue weighted by molar-refractivity contribution is -0.121. The van der Waals surface area contributed by atoms with Crippen LogP contribution in [0.15, 0.2) is 53.9 Å². The molecule has 7 heteroatoms. The van der Waals surface area contributed by atoms with Crippen molar-refractivity contribution in [1.29, 1.82) is 0 Å². The van der Waals surface area contributed by atoms with E-state index in [0.717, 1.165) is 65.0 Å². The number of hydrogen-bond acceptors (Lipinski definition) is 6. The highest BCUT2D eigenvalue weighted by atomic mass is 32.1. The van der Waals surface area contributed by atoms with Gasteiger partial charge in [0.2, 0.25) is 5.91 Å². The van der Waals surface area contributed by atoms with Crippen molar-refractivity contribution >= 4 is 44.5 Å². The van der Waals surface area contributed by atoms with Gasteiger partial charge in [0.15, 0.2) is 0 Å². The molecule has 1 aliphatic heterocycles. The van der Waals surface area contributed by atoms with E-state index in [1.807, 2.05) is 49.4 Å². The minimum atomic E-state index is 0.0551. The SMILES string of the molecule is Cc1nc(CN2CCC(C(=O)Nc3cccc(-c4nc5ccccc5s4)c3)CC2)cs1. The second-order valence-electron chi connectivity index (χ2n) is 7.97. The lowest BCUT2D eigenvalue weighted by Crippen LogP contribution is -2.37. The fourth-order valence-electron chi connectivity index (χ4n) is 4.03. The fourth-order valence-corrected chi connectivity index (χ4v) is 5.60. The number of anilines is 1. The van der Waals surface area contributed by atoms with E-state index in [1.54, 1.807) is 22.7 Å². The molecule has 1 N–H and O–H groups in total. The van der Waals surface area contributed by atoms with Gasteiger partial charge in [0.05, 0.1) is 20.9 Å². The summed E-state index contributed by atoms with van der Waals surface area (Å²) in [6.07, 6.45) is 1.76. The van der Waals surface area contributed by atoms with Crippen molar-refractivity contribution in [2.45, 2.75) is 26.3 Å². The average molecular weight is 449 g/mol. The summed E-state index contributed by atoms with van der Waals surface area (Å²) < 4.78 is 1.17. The van der Waals surface area contributed by atoms with E-state index in [-0.39, 0.29) is 11.8 Å². The predicted molar refractivity (Wildman–Crippen MR) is 129 cm³/mol. The number of para-hydroxylation sites is 1. The number of thiazole rings is 2. The molecule has 158 valence electrons. The molecule has 0 saturated carbocycles. The second-order valence-corrected chi connectivity index (χ2v) is 10.1. The molecular formula is C24H24N4OS2. The fraction of sp³-hybridized carbons (Fsp3) is 0.292. The topological polar surface area (TPSA) is 58.1 Å². The third-order valence-corrected chi connectivity index (χ3v) is 7.59. The van der Waals surface area contributed by atoms with Crippen molar-refractivity contribution < 1.29 is 4.79 Å².